The molecule has 0 atom stereocenters. The molecule has 0 amide bonds. The van der Waals surface area contributed by atoms with E-state index in [4.69, 9.17) is 0 Å². The van der Waals surface area contributed by atoms with Gasteiger partial charge in [-0.3, -0.25) is 0 Å². The summed E-state index contributed by atoms with van der Waals surface area (Å²) in [4.78, 5) is 10.4. The van der Waals surface area contributed by atoms with Crippen molar-refractivity contribution in [3.05, 3.63) is 36.6 Å². The van der Waals surface area contributed by atoms with E-state index in [2.05, 4.69) is 59.0 Å². The van der Waals surface area contributed by atoms with E-state index in [1.165, 1.54) is 31.9 Å². The third-order valence-corrected chi connectivity index (χ3v) is 2.62. The van der Waals surface area contributed by atoms with E-state index in [9.17, 15) is 4.79 Å². The second-order valence-corrected chi connectivity index (χ2v) is 4.76. The molecular weight excluding hydrogens is 320 g/mol. The topological polar surface area (TPSA) is 35.5 Å². The molecule has 0 N–H and O–H groups in total. The van der Waals surface area contributed by atoms with Gasteiger partial charge in [-0.1, -0.05) is 48.0 Å². The van der Waals surface area contributed by atoms with E-state index in [-0.39, 0.29) is 5.97 Å². The zero-order valence-electron chi connectivity index (χ0n) is 13.6. The molecule has 0 saturated heterocycles. The Morgan fingerprint density at radius 1 is 1.10 bits per heavy atom. The predicted molar refractivity (Wildman–Crippen MR) is 91.1 cm³/mol. The van der Waals surface area contributed by atoms with Crippen LogP contribution in [0.3, 0.4) is 0 Å². The number of unbranched alkanes of at least 4 members (excludes halogenated alkanes) is 1. The van der Waals surface area contributed by atoms with Crippen LogP contribution in [0.5, 0.6) is 0 Å². The molecule has 0 aliphatic heterocycles. The molecular formula is C16H29BrO3. The van der Waals surface area contributed by atoms with Crippen molar-refractivity contribution in [3.8, 4) is 0 Å². The largest absolute Gasteiger partial charge is 0.502 e. The number of carbonyl (C=O) groups excluding carboxylic acids is 1. The number of rotatable bonds is 6. The average Bonchev–Trinajstić information content (AvgIpc) is 2.44. The van der Waals surface area contributed by atoms with Gasteiger partial charge in [-0.15, -0.1) is 6.58 Å². The van der Waals surface area contributed by atoms with Crippen LogP contribution >= 0.6 is 15.9 Å². The molecule has 0 rings (SSSR count). The normalized spacial score (nSPS) is 8.10. The maximum atomic E-state index is 10.4. The second kappa shape index (κ2) is 18.0. The molecule has 20 heavy (non-hydrogen) atoms. The van der Waals surface area contributed by atoms with Crippen molar-refractivity contribution in [3.63, 3.8) is 0 Å². The summed E-state index contributed by atoms with van der Waals surface area (Å²) in [5, 5.41) is 0.472. The predicted octanol–water partition coefficient (Wildman–Crippen LogP) is 5.03. The molecule has 0 bridgehead atoms. The highest BCUT2D eigenvalue weighted by atomic mass is 79.9. The molecule has 118 valence electrons. The highest BCUT2D eigenvalue weighted by Gasteiger charge is 2.01. The number of hydrogen-bond donors (Lipinski definition) is 0. The molecule has 0 aromatic rings. The Balaban J connectivity index is -0.000000223. The summed E-state index contributed by atoms with van der Waals surface area (Å²) >= 11 is 3.06. The van der Waals surface area contributed by atoms with Crippen LogP contribution in [0.1, 0.15) is 40.0 Å². The molecule has 0 unspecified atom stereocenters. The van der Waals surface area contributed by atoms with Gasteiger partial charge in [0.2, 0.25) is 0 Å². The Hall–Kier alpha value is -1.03. The third-order valence-electron chi connectivity index (χ3n) is 1.94. The summed E-state index contributed by atoms with van der Waals surface area (Å²) in [7, 11) is 2.93. The minimum atomic E-state index is -0.359. The van der Waals surface area contributed by atoms with Crippen molar-refractivity contribution in [1.29, 1.82) is 0 Å². The fourth-order valence-corrected chi connectivity index (χ4v) is 0.906. The minimum absolute atomic E-state index is 0.359. The van der Waals surface area contributed by atoms with Gasteiger partial charge in [-0.2, -0.15) is 0 Å². The van der Waals surface area contributed by atoms with Gasteiger partial charge in [0.1, 0.15) is 0 Å². The molecule has 0 fully saturated rings. The first-order chi connectivity index (χ1) is 9.26. The van der Waals surface area contributed by atoms with Gasteiger partial charge in [-0.25, -0.2) is 4.79 Å². The van der Waals surface area contributed by atoms with Crippen LogP contribution in [0.15, 0.2) is 36.6 Å². The number of esters is 1. The Kier molecular flexibility index (Phi) is 21.6. The van der Waals surface area contributed by atoms with Gasteiger partial charge in [-0.05, 0) is 26.7 Å². The average molecular weight is 349 g/mol. The quantitative estimate of drug-likeness (QED) is 0.222. The molecule has 0 radical (unpaired) electrons. The number of allylic oxidation sites excluding steroid dienone is 2. The first-order valence-corrected chi connectivity index (χ1v) is 7.54. The van der Waals surface area contributed by atoms with Crippen molar-refractivity contribution >= 4 is 21.9 Å². The molecule has 0 aliphatic carbocycles. The van der Waals surface area contributed by atoms with Crippen LogP contribution in [-0.2, 0) is 14.3 Å². The van der Waals surface area contributed by atoms with Gasteiger partial charge in [0.25, 0.3) is 0 Å². The van der Waals surface area contributed by atoms with E-state index < -0.39 is 0 Å². The lowest BCUT2D eigenvalue weighted by atomic mass is 10.2. The molecule has 0 heterocycles. The van der Waals surface area contributed by atoms with Gasteiger partial charge < -0.3 is 9.47 Å². The Labute approximate surface area is 132 Å². The lowest BCUT2D eigenvalue weighted by Crippen LogP contribution is -2.03. The van der Waals surface area contributed by atoms with E-state index in [0.717, 1.165) is 5.76 Å². The molecule has 0 spiro atoms. The summed E-state index contributed by atoms with van der Waals surface area (Å²) in [5.74, 6) is 0.395. The van der Waals surface area contributed by atoms with Crippen molar-refractivity contribution in [1.82, 2.24) is 0 Å². The number of halogens is 1. The standard InChI is InChI=1S/C7H14.C5H7BrO2.C4H8O/c1-4-5-6-7(2)3;1-4(3-6)5(7)8-2;1-4(2)5-3/h2,4-6H2,1,3H3;1,3H2,2H3;1H2,2-3H3. The SMILES string of the molecule is C=C(C)CCCC.C=C(C)OC.C=C(CBr)C(=O)OC. The number of methoxy groups -OCH3 is 2. The summed E-state index contributed by atoms with van der Waals surface area (Å²) < 4.78 is 8.89. The summed E-state index contributed by atoms with van der Waals surface area (Å²) in [6, 6.07) is 0. The number of hydrogen-bond acceptors (Lipinski definition) is 3. The second-order valence-electron chi connectivity index (χ2n) is 4.20. The fraction of sp³-hybridized carbons (Fsp3) is 0.562. The molecule has 4 heteroatoms. The Morgan fingerprint density at radius 2 is 1.55 bits per heavy atom. The maximum Gasteiger partial charge on any atom is 0.333 e. The van der Waals surface area contributed by atoms with Crippen LogP contribution in [0, 0.1) is 0 Å². The van der Waals surface area contributed by atoms with Crippen LogP contribution in [0.4, 0.5) is 0 Å². The van der Waals surface area contributed by atoms with Crippen molar-refractivity contribution < 1.29 is 14.3 Å². The minimum Gasteiger partial charge on any atom is -0.502 e. The zero-order valence-corrected chi connectivity index (χ0v) is 15.1. The van der Waals surface area contributed by atoms with E-state index in [1.807, 2.05) is 0 Å². The van der Waals surface area contributed by atoms with Gasteiger partial charge >= 0.3 is 5.97 Å². The number of ether oxygens (including phenoxy) is 2. The number of carbonyl (C=O) groups is 1. The van der Waals surface area contributed by atoms with E-state index in [0.29, 0.717) is 10.9 Å². The highest BCUT2D eigenvalue weighted by Crippen LogP contribution is 2.01. The first-order valence-electron chi connectivity index (χ1n) is 6.42. The van der Waals surface area contributed by atoms with Crippen LogP contribution < -0.4 is 0 Å². The monoisotopic (exact) mass is 348 g/mol. The van der Waals surface area contributed by atoms with E-state index in [1.54, 1.807) is 14.0 Å². The van der Waals surface area contributed by atoms with Crippen molar-refractivity contribution in [2.75, 3.05) is 19.5 Å². The molecule has 0 aliphatic rings. The highest BCUT2D eigenvalue weighted by molar-refractivity contribution is 9.09. The van der Waals surface area contributed by atoms with E-state index >= 15 is 0 Å². The molecule has 0 saturated carbocycles. The summed E-state index contributed by atoms with van der Waals surface area (Å²) in [6.07, 6.45) is 3.79. The lowest BCUT2D eigenvalue weighted by molar-refractivity contribution is -0.135. The molecule has 0 aromatic carbocycles. The Bertz CT molecular complexity index is 282. The van der Waals surface area contributed by atoms with Crippen LogP contribution in [-0.4, -0.2) is 25.5 Å². The summed E-state index contributed by atoms with van der Waals surface area (Å²) in [6.45, 7) is 16.7. The van der Waals surface area contributed by atoms with Crippen molar-refractivity contribution in [2.45, 2.75) is 40.0 Å². The third kappa shape index (κ3) is 25.7. The Morgan fingerprint density at radius 3 is 1.65 bits per heavy atom. The van der Waals surface area contributed by atoms with Gasteiger partial charge in [0.15, 0.2) is 0 Å². The van der Waals surface area contributed by atoms with Gasteiger partial charge in [0, 0.05) is 10.9 Å². The first kappa shape index (κ1) is 24.0. The lowest BCUT2D eigenvalue weighted by Gasteiger charge is -1.95. The number of alkyl halides is 1. The maximum absolute atomic E-state index is 10.4. The van der Waals surface area contributed by atoms with Crippen LogP contribution in [0.2, 0.25) is 0 Å². The molecule has 0 aromatic heterocycles. The summed E-state index contributed by atoms with van der Waals surface area (Å²) in [5.41, 5.74) is 1.74. The van der Waals surface area contributed by atoms with Gasteiger partial charge in [0.05, 0.1) is 20.0 Å². The van der Waals surface area contributed by atoms with Crippen LogP contribution in [0.25, 0.3) is 0 Å². The smallest absolute Gasteiger partial charge is 0.333 e. The molecule has 3 nitrogen and oxygen atoms in total. The fourth-order valence-electron chi connectivity index (χ4n) is 0.677. The van der Waals surface area contributed by atoms with Crippen molar-refractivity contribution in [2.24, 2.45) is 0 Å². The zero-order chi connectivity index (χ0) is 16.6.